The molecular formula is C14H25N3O2. The molecule has 0 bridgehead atoms. The first-order valence-corrected chi connectivity index (χ1v) is 7.14. The van der Waals surface area contributed by atoms with Gasteiger partial charge in [-0.05, 0) is 39.8 Å². The Labute approximate surface area is 115 Å². The summed E-state index contributed by atoms with van der Waals surface area (Å²) in [5.74, 6) is 0.0826. The molecule has 1 amide bonds. The Kier molecular flexibility index (Phi) is 7.46. The third kappa shape index (κ3) is 6.04. The Hall–Kier alpha value is -1.12. The maximum absolute atomic E-state index is 12.1. The molecule has 0 aromatic rings. The predicted molar refractivity (Wildman–Crippen MR) is 73.5 cm³/mol. The van der Waals surface area contributed by atoms with E-state index in [-0.39, 0.29) is 11.9 Å². The Morgan fingerprint density at radius 1 is 1.47 bits per heavy atom. The number of nitrogens with zero attached hydrogens (tertiary/aromatic N) is 2. The maximum Gasteiger partial charge on any atom is 0.225 e. The van der Waals surface area contributed by atoms with Crippen molar-refractivity contribution in [3.8, 4) is 6.07 Å². The fraction of sp³-hybridized carbons (Fsp3) is 0.857. The summed E-state index contributed by atoms with van der Waals surface area (Å²) in [6.07, 6.45) is 3.14. The molecule has 108 valence electrons. The first-order valence-electron chi connectivity index (χ1n) is 7.14. The van der Waals surface area contributed by atoms with Crippen molar-refractivity contribution in [1.82, 2.24) is 10.2 Å². The van der Waals surface area contributed by atoms with Crippen LogP contribution in [0.5, 0.6) is 0 Å². The molecule has 0 atom stereocenters. The standard InChI is InChI=1S/C14H25N3O2/c1-12(2)17(10-3-7-15)14(18)6-11-19-13-4-8-16-9-5-13/h12-13,16H,3-6,8-11H2,1-2H3. The second-order valence-corrected chi connectivity index (χ2v) is 5.16. The van der Waals surface area contributed by atoms with Crippen LogP contribution < -0.4 is 5.32 Å². The average Bonchev–Trinajstić information content (AvgIpc) is 2.40. The van der Waals surface area contributed by atoms with Gasteiger partial charge < -0.3 is 15.0 Å². The highest BCUT2D eigenvalue weighted by Crippen LogP contribution is 2.09. The lowest BCUT2D eigenvalue weighted by Gasteiger charge is -2.27. The number of nitrogens with one attached hydrogen (secondary N) is 1. The monoisotopic (exact) mass is 267 g/mol. The fourth-order valence-electron chi connectivity index (χ4n) is 2.26. The lowest BCUT2D eigenvalue weighted by Crippen LogP contribution is -2.38. The van der Waals surface area contributed by atoms with Crippen LogP contribution >= 0.6 is 0 Å². The molecular weight excluding hydrogens is 242 g/mol. The van der Waals surface area contributed by atoms with Crippen molar-refractivity contribution in [1.29, 1.82) is 5.26 Å². The van der Waals surface area contributed by atoms with Gasteiger partial charge in [-0.1, -0.05) is 0 Å². The number of amides is 1. The molecule has 1 aliphatic heterocycles. The Bertz CT molecular complexity index is 306. The highest BCUT2D eigenvalue weighted by molar-refractivity contribution is 5.76. The summed E-state index contributed by atoms with van der Waals surface area (Å²) in [5, 5.41) is 11.9. The quantitative estimate of drug-likeness (QED) is 0.755. The van der Waals surface area contributed by atoms with Crippen LogP contribution in [0.25, 0.3) is 0 Å². The van der Waals surface area contributed by atoms with Gasteiger partial charge in [0.1, 0.15) is 0 Å². The first-order chi connectivity index (χ1) is 9.15. The van der Waals surface area contributed by atoms with Crippen LogP contribution in [0.2, 0.25) is 0 Å². The molecule has 19 heavy (non-hydrogen) atoms. The van der Waals surface area contributed by atoms with Gasteiger partial charge in [0.15, 0.2) is 0 Å². The van der Waals surface area contributed by atoms with Gasteiger partial charge in [0.25, 0.3) is 0 Å². The summed E-state index contributed by atoms with van der Waals surface area (Å²) in [5.41, 5.74) is 0. The van der Waals surface area contributed by atoms with Crippen LogP contribution in [-0.2, 0) is 9.53 Å². The molecule has 0 aliphatic carbocycles. The lowest BCUT2D eigenvalue weighted by atomic mass is 10.1. The van der Waals surface area contributed by atoms with Crippen molar-refractivity contribution in [2.24, 2.45) is 0 Å². The van der Waals surface area contributed by atoms with Gasteiger partial charge in [0, 0.05) is 12.6 Å². The average molecular weight is 267 g/mol. The highest BCUT2D eigenvalue weighted by atomic mass is 16.5. The normalized spacial score (nSPS) is 16.3. The summed E-state index contributed by atoms with van der Waals surface area (Å²) in [4.78, 5) is 13.8. The smallest absolute Gasteiger partial charge is 0.225 e. The summed E-state index contributed by atoms with van der Waals surface area (Å²) < 4.78 is 5.74. The van der Waals surface area contributed by atoms with Gasteiger partial charge in [0.05, 0.1) is 31.6 Å². The fourth-order valence-corrected chi connectivity index (χ4v) is 2.26. The third-order valence-corrected chi connectivity index (χ3v) is 3.36. The number of piperidine rings is 1. The first kappa shape index (κ1) is 15.9. The van der Waals surface area contributed by atoms with Gasteiger partial charge in [-0.25, -0.2) is 0 Å². The molecule has 1 fully saturated rings. The van der Waals surface area contributed by atoms with Crippen LogP contribution in [0.15, 0.2) is 0 Å². The van der Waals surface area contributed by atoms with E-state index in [1.54, 1.807) is 4.90 Å². The van der Waals surface area contributed by atoms with E-state index in [2.05, 4.69) is 11.4 Å². The van der Waals surface area contributed by atoms with Crippen molar-refractivity contribution in [3.05, 3.63) is 0 Å². The van der Waals surface area contributed by atoms with Gasteiger partial charge in [-0.2, -0.15) is 5.26 Å². The topological polar surface area (TPSA) is 65.4 Å². The number of hydrogen-bond donors (Lipinski definition) is 1. The summed E-state index contributed by atoms with van der Waals surface area (Å²) in [6, 6.07) is 2.22. The number of hydrogen-bond acceptors (Lipinski definition) is 4. The van der Waals surface area contributed by atoms with E-state index in [1.165, 1.54) is 0 Å². The van der Waals surface area contributed by atoms with Gasteiger partial charge in [-0.15, -0.1) is 0 Å². The molecule has 1 rings (SSSR count). The number of carbonyl (C=O) groups excluding carboxylic acids is 1. The van der Waals surface area contributed by atoms with E-state index >= 15 is 0 Å². The third-order valence-electron chi connectivity index (χ3n) is 3.36. The highest BCUT2D eigenvalue weighted by Gasteiger charge is 2.18. The molecule has 5 heteroatoms. The molecule has 0 aromatic heterocycles. The zero-order valence-electron chi connectivity index (χ0n) is 12.0. The molecule has 1 saturated heterocycles. The SMILES string of the molecule is CC(C)N(CCC#N)C(=O)CCOC1CCNCC1. The van der Waals surface area contributed by atoms with Gasteiger partial charge in [0.2, 0.25) is 5.91 Å². The second-order valence-electron chi connectivity index (χ2n) is 5.16. The summed E-state index contributed by atoms with van der Waals surface area (Å²) in [6.45, 7) is 6.95. The van der Waals surface area contributed by atoms with Crippen molar-refractivity contribution < 1.29 is 9.53 Å². The maximum atomic E-state index is 12.1. The molecule has 1 heterocycles. The molecule has 1 N–H and O–H groups in total. The molecule has 1 aliphatic rings. The Balaban J connectivity index is 2.25. The zero-order valence-corrected chi connectivity index (χ0v) is 12.0. The van der Waals surface area contributed by atoms with E-state index in [1.807, 2.05) is 13.8 Å². The van der Waals surface area contributed by atoms with Crippen LogP contribution in [-0.4, -0.2) is 49.2 Å². The number of rotatable bonds is 7. The predicted octanol–water partition coefficient (Wildman–Crippen LogP) is 1.30. The molecule has 0 spiro atoms. The van der Waals surface area contributed by atoms with Crippen molar-refractivity contribution >= 4 is 5.91 Å². The number of carbonyl (C=O) groups is 1. The molecule has 5 nitrogen and oxygen atoms in total. The van der Waals surface area contributed by atoms with Crippen LogP contribution in [0.4, 0.5) is 0 Å². The number of nitriles is 1. The van der Waals surface area contributed by atoms with Gasteiger partial charge >= 0.3 is 0 Å². The van der Waals surface area contributed by atoms with E-state index in [9.17, 15) is 4.79 Å². The summed E-state index contributed by atoms with van der Waals surface area (Å²) in [7, 11) is 0. The second kappa shape index (κ2) is 8.89. The lowest BCUT2D eigenvalue weighted by molar-refractivity contribution is -0.134. The van der Waals surface area contributed by atoms with Crippen LogP contribution in [0.3, 0.4) is 0 Å². The van der Waals surface area contributed by atoms with E-state index in [0.717, 1.165) is 25.9 Å². The van der Waals surface area contributed by atoms with E-state index < -0.39 is 0 Å². The van der Waals surface area contributed by atoms with Crippen LogP contribution in [0.1, 0.15) is 39.5 Å². The minimum atomic E-state index is 0.0826. The van der Waals surface area contributed by atoms with Crippen molar-refractivity contribution in [2.45, 2.75) is 51.7 Å². The minimum absolute atomic E-state index is 0.0826. The Morgan fingerprint density at radius 3 is 2.74 bits per heavy atom. The largest absolute Gasteiger partial charge is 0.378 e. The van der Waals surface area contributed by atoms with Crippen LogP contribution in [0, 0.1) is 11.3 Å². The van der Waals surface area contributed by atoms with Crippen molar-refractivity contribution in [2.75, 3.05) is 26.2 Å². The molecule has 0 radical (unpaired) electrons. The van der Waals surface area contributed by atoms with Gasteiger partial charge in [-0.3, -0.25) is 4.79 Å². The minimum Gasteiger partial charge on any atom is -0.378 e. The van der Waals surface area contributed by atoms with E-state index in [0.29, 0.717) is 32.1 Å². The molecule has 0 unspecified atom stereocenters. The molecule has 0 saturated carbocycles. The number of ether oxygens (including phenoxy) is 1. The Morgan fingerprint density at radius 2 is 2.16 bits per heavy atom. The summed E-state index contributed by atoms with van der Waals surface area (Å²) >= 11 is 0. The van der Waals surface area contributed by atoms with E-state index in [4.69, 9.17) is 10.00 Å². The molecule has 0 aromatic carbocycles. The van der Waals surface area contributed by atoms with Crippen molar-refractivity contribution in [3.63, 3.8) is 0 Å². The zero-order chi connectivity index (χ0) is 14.1.